The topological polar surface area (TPSA) is 82.1 Å². The number of sulfonamides is 1. The fourth-order valence-corrected chi connectivity index (χ4v) is 3.81. The van der Waals surface area contributed by atoms with Crippen LogP contribution in [0.1, 0.15) is 0 Å². The van der Waals surface area contributed by atoms with Gasteiger partial charge in [0.15, 0.2) is 11.6 Å². The number of aliphatic hydroxyl groups excluding tert-OH is 1. The summed E-state index contributed by atoms with van der Waals surface area (Å²) in [5.41, 5.74) is 1.08. The Bertz CT molecular complexity index is 949. The van der Waals surface area contributed by atoms with Crippen molar-refractivity contribution < 1.29 is 27.0 Å². The Morgan fingerprint density at radius 2 is 1.73 bits per heavy atom. The second-order valence-electron chi connectivity index (χ2n) is 7.25. The maximum Gasteiger partial charge on any atom is 0.229 e. The molecule has 164 valence electrons. The summed E-state index contributed by atoms with van der Waals surface area (Å²) in [5.74, 6) is -1.19. The highest BCUT2D eigenvalue weighted by Gasteiger charge is 2.20. The van der Waals surface area contributed by atoms with E-state index < -0.39 is 27.8 Å². The lowest BCUT2D eigenvalue weighted by Crippen LogP contribution is -2.49. The minimum atomic E-state index is -3.33. The number of rotatable bonds is 8. The molecular formula is C20H25F2N3O4S. The van der Waals surface area contributed by atoms with E-state index in [0.717, 1.165) is 12.3 Å². The molecule has 0 aromatic heterocycles. The molecule has 0 amide bonds. The van der Waals surface area contributed by atoms with Gasteiger partial charge in [-0.25, -0.2) is 17.2 Å². The first-order valence-electron chi connectivity index (χ1n) is 9.51. The number of nitrogens with zero attached hydrogens (tertiary/aromatic N) is 2. The van der Waals surface area contributed by atoms with Crippen LogP contribution in [0.4, 0.5) is 20.2 Å². The highest BCUT2D eigenvalue weighted by atomic mass is 32.2. The van der Waals surface area contributed by atoms with Crippen molar-refractivity contribution in [3.63, 3.8) is 0 Å². The zero-order valence-electron chi connectivity index (χ0n) is 16.6. The molecule has 2 N–H and O–H groups in total. The van der Waals surface area contributed by atoms with Crippen LogP contribution in [0.2, 0.25) is 0 Å². The summed E-state index contributed by atoms with van der Waals surface area (Å²) >= 11 is 0. The number of β-amino-alcohol motifs (C(OH)–C–C–N with tert-alkyl or cyclic N) is 1. The lowest BCUT2D eigenvalue weighted by molar-refractivity contribution is 0.0663. The summed E-state index contributed by atoms with van der Waals surface area (Å²) in [6.07, 6.45) is 0.375. The third-order valence-corrected chi connectivity index (χ3v) is 5.32. The van der Waals surface area contributed by atoms with Gasteiger partial charge in [0.1, 0.15) is 18.5 Å². The Hall–Kier alpha value is -2.43. The molecular weight excluding hydrogens is 416 g/mol. The largest absolute Gasteiger partial charge is 0.491 e. The average molecular weight is 442 g/mol. The Morgan fingerprint density at radius 3 is 2.33 bits per heavy atom. The minimum absolute atomic E-state index is 0.0994. The summed E-state index contributed by atoms with van der Waals surface area (Å²) in [4.78, 5) is 4.07. The van der Waals surface area contributed by atoms with E-state index in [-0.39, 0.29) is 6.61 Å². The maximum absolute atomic E-state index is 13.4. The van der Waals surface area contributed by atoms with E-state index in [1.165, 1.54) is 6.07 Å². The first kappa shape index (κ1) is 22.3. The average Bonchev–Trinajstić information content (AvgIpc) is 2.69. The number of ether oxygens (including phenoxy) is 1. The first-order valence-corrected chi connectivity index (χ1v) is 11.4. The summed E-state index contributed by atoms with van der Waals surface area (Å²) in [5, 5.41) is 10.3. The number of halogens is 2. The van der Waals surface area contributed by atoms with Gasteiger partial charge in [-0.1, -0.05) is 0 Å². The van der Waals surface area contributed by atoms with Crippen LogP contribution in [0.3, 0.4) is 0 Å². The fraction of sp³-hybridized carbons (Fsp3) is 0.400. The van der Waals surface area contributed by atoms with Crippen molar-refractivity contribution in [3.05, 3.63) is 54.1 Å². The molecule has 1 fully saturated rings. The lowest BCUT2D eigenvalue weighted by Gasteiger charge is -2.36. The van der Waals surface area contributed by atoms with Gasteiger partial charge in [-0.3, -0.25) is 9.62 Å². The predicted octanol–water partition coefficient (Wildman–Crippen LogP) is 1.90. The molecule has 30 heavy (non-hydrogen) atoms. The van der Waals surface area contributed by atoms with Crippen molar-refractivity contribution in [1.29, 1.82) is 0 Å². The highest BCUT2D eigenvalue weighted by Crippen LogP contribution is 2.20. The number of piperazine rings is 1. The third-order valence-electron chi connectivity index (χ3n) is 4.71. The predicted molar refractivity (Wildman–Crippen MR) is 111 cm³/mol. The van der Waals surface area contributed by atoms with Crippen LogP contribution in [0.15, 0.2) is 42.5 Å². The van der Waals surface area contributed by atoms with Gasteiger partial charge in [-0.15, -0.1) is 0 Å². The van der Waals surface area contributed by atoms with E-state index >= 15 is 0 Å². The minimum Gasteiger partial charge on any atom is -0.491 e. The van der Waals surface area contributed by atoms with Crippen molar-refractivity contribution in [2.75, 3.05) is 55.2 Å². The van der Waals surface area contributed by atoms with E-state index in [4.69, 9.17) is 4.74 Å². The van der Waals surface area contributed by atoms with Gasteiger partial charge in [0, 0.05) is 50.2 Å². The van der Waals surface area contributed by atoms with Gasteiger partial charge in [-0.05, 0) is 36.4 Å². The molecule has 0 aliphatic carbocycles. The van der Waals surface area contributed by atoms with Crippen molar-refractivity contribution in [3.8, 4) is 5.75 Å². The second-order valence-corrected chi connectivity index (χ2v) is 9.00. The number of hydrogen-bond donors (Lipinski definition) is 2. The summed E-state index contributed by atoms with van der Waals surface area (Å²) in [7, 11) is -3.33. The normalized spacial score (nSPS) is 16.3. The quantitative estimate of drug-likeness (QED) is 0.651. The first-order chi connectivity index (χ1) is 14.2. The summed E-state index contributed by atoms with van der Waals surface area (Å²) in [6.45, 7) is 3.19. The van der Waals surface area contributed by atoms with Crippen molar-refractivity contribution in [2.45, 2.75) is 6.10 Å². The number of benzene rings is 2. The smallest absolute Gasteiger partial charge is 0.229 e. The zero-order valence-corrected chi connectivity index (χ0v) is 17.4. The van der Waals surface area contributed by atoms with Crippen LogP contribution in [-0.2, 0) is 10.0 Å². The van der Waals surface area contributed by atoms with Crippen LogP contribution >= 0.6 is 0 Å². The molecule has 1 heterocycles. The zero-order chi connectivity index (χ0) is 21.7. The molecule has 0 spiro atoms. The maximum atomic E-state index is 13.4. The van der Waals surface area contributed by atoms with E-state index in [0.29, 0.717) is 49.8 Å². The molecule has 0 saturated carbocycles. The van der Waals surface area contributed by atoms with Crippen LogP contribution in [0.5, 0.6) is 5.75 Å². The molecule has 0 unspecified atom stereocenters. The van der Waals surface area contributed by atoms with Crippen LogP contribution in [-0.4, -0.2) is 70.1 Å². The molecule has 1 atom stereocenters. The van der Waals surface area contributed by atoms with Crippen molar-refractivity contribution in [2.24, 2.45) is 0 Å². The number of anilines is 2. The van der Waals surface area contributed by atoms with E-state index in [9.17, 15) is 22.3 Å². The molecule has 7 nitrogen and oxygen atoms in total. The highest BCUT2D eigenvalue weighted by molar-refractivity contribution is 7.92. The summed E-state index contributed by atoms with van der Waals surface area (Å²) < 4.78 is 56.8. The van der Waals surface area contributed by atoms with Crippen LogP contribution in [0.25, 0.3) is 0 Å². The van der Waals surface area contributed by atoms with E-state index in [1.807, 2.05) is 4.90 Å². The number of hydrogen-bond acceptors (Lipinski definition) is 6. The van der Waals surface area contributed by atoms with Gasteiger partial charge in [0.25, 0.3) is 0 Å². The SMILES string of the molecule is CS(=O)(=O)Nc1ccc(OC[C@@H](O)CN2CCN(c3ccc(F)c(F)c3)CC2)cc1. The van der Waals surface area contributed by atoms with Crippen molar-refractivity contribution in [1.82, 2.24) is 4.90 Å². The van der Waals surface area contributed by atoms with Gasteiger partial charge in [0.05, 0.1) is 6.26 Å². The Balaban J connectivity index is 1.41. The molecule has 3 rings (SSSR count). The van der Waals surface area contributed by atoms with Gasteiger partial charge < -0.3 is 14.7 Å². The Morgan fingerprint density at radius 1 is 1.07 bits per heavy atom. The molecule has 0 radical (unpaired) electrons. The number of nitrogens with one attached hydrogen (secondary N) is 1. The number of aliphatic hydroxyl groups is 1. The lowest BCUT2D eigenvalue weighted by atomic mass is 10.2. The fourth-order valence-electron chi connectivity index (χ4n) is 3.25. The second kappa shape index (κ2) is 9.59. The van der Waals surface area contributed by atoms with Gasteiger partial charge in [0.2, 0.25) is 10.0 Å². The molecule has 1 saturated heterocycles. The van der Waals surface area contributed by atoms with Crippen molar-refractivity contribution >= 4 is 21.4 Å². The Kier molecular flexibility index (Phi) is 7.11. The molecule has 10 heteroatoms. The molecule has 2 aromatic carbocycles. The molecule has 0 bridgehead atoms. The van der Waals surface area contributed by atoms with Crippen LogP contribution in [0, 0.1) is 11.6 Å². The monoisotopic (exact) mass is 441 g/mol. The van der Waals surface area contributed by atoms with Gasteiger partial charge >= 0.3 is 0 Å². The molecule has 2 aromatic rings. The third kappa shape index (κ3) is 6.54. The Labute approximate surface area is 174 Å². The molecule has 1 aliphatic rings. The molecule has 1 aliphatic heterocycles. The standard InChI is InChI=1S/C20H25F2N3O4S/c1-30(27,28)23-15-2-5-18(6-3-15)29-14-17(26)13-24-8-10-25(11-9-24)16-4-7-19(21)20(22)12-16/h2-7,12,17,23,26H,8-11,13-14H2,1H3/t17-/m0/s1. The van der Waals surface area contributed by atoms with E-state index in [1.54, 1.807) is 30.3 Å². The van der Waals surface area contributed by atoms with E-state index in [2.05, 4.69) is 9.62 Å². The van der Waals surface area contributed by atoms with Gasteiger partial charge in [-0.2, -0.15) is 0 Å². The van der Waals surface area contributed by atoms with Crippen LogP contribution < -0.4 is 14.4 Å². The summed E-state index contributed by atoms with van der Waals surface area (Å²) in [6, 6.07) is 10.3.